The number of rotatable bonds is 2. The van der Waals surface area contributed by atoms with Crippen LogP contribution in [0.3, 0.4) is 0 Å². The maximum Gasteiger partial charge on any atom is 0.255 e. The third kappa shape index (κ3) is 2.76. The molecule has 4 nitrogen and oxygen atoms in total. The van der Waals surface area contributed by atoms with Crippen molar-refractivity contribution in [3.63, 3.8) is 0 Å². The van der Waals surface area contributed by atoms with E-state index in [2.05, 4.69) is 10.3 Å². The van der Waals surface area contributed by atoms with Crippen molar-refractivity contribution in [1.29, 1.82) is 0 Å². The minimum absolute atomic E-state index is 0.146. The highest BCUT2D eigenvalue weighted by Crippen LogP contribution is 2.19. The molecule has 0 atom stereocenters. The van der Waals surface area contributed by atoms with Gasteiger partial charge in [0.1, 0.15) is 0 Å². The summed E-state index contributed by atoms with van der Waals surface area (Å²) < 4.78 is 0. The number of benzene rings is 2. The number of amides is 1. The predicted octanol–water partition coefficient (Wildman–Crippen LogP) is 3.40. The summed E-state index contributed by atoms with van der Waals surface area (Å²) in [6, 6.07) is 14.5. The summed E-state index contributed by atoms with van der Waals surface area (Å²) >= 11 is 0. The lowest BCUT2D eigenvalue weighted by Crippen LogP contribution is -2.12. The van der Waals surface area contributed by atoms with Crippen molar-refractivity contribution >= 4 is 22.5 Å². The number of hydrogen-bond donors (Lipinski definition) is 2. The molecule has 0 spiro atoms. The molecule has 0 saturated carbocycles. The fourth-order valence-corrected chi connectivity index (χ4v) is 2.50. The van der Waals surface area contributed by atoms with E-state index < -0.39 is 0 Å². The van der Waals surface area contributed by atoms with Gasteiger partial charge in [-0.15, -0.1) is 0 Å². The number of pyridine rings is 1. The minimum atomic E-state index is -0.168. The number of hydrogen-bond acceptors (Lipinski definition) is 2. The van der Waals surface area contributed by atoms with Crippen molar-refractivity contribution in [2.75, 3.05) is 5.32 Å². The number of aromatic amines is 1. The monoisotopic (exact) mass is 292 g/mol. The summed E-state index contributed by atoms with van der Waals surface area (Å²) in [5.41, 5.74) is 3.78. The van der Waals surface area contributed by atoms with Gasteiger partial charge in [-0.2, -0.15) is 0 Å². The number of anilines is 1. The maximum absolute atomic E-state index is 12.3. The number of carbonyl (C=O) groups excluding carboxylic acids is 1. The second kappa shape index (κ2) is 5.48. The van der Waals surface area contributed by atoms with Crippen LogP contribution < -0.4 is 10.9 Å². The highest BCUT2D eigenvalue weighted by molar-refractivity contribution is 6.05. The molecular weight excluding hydrogens is 276 g/mol. The Balaban J connectivity index is 1.94. The Morgan fingerprint density at radius 1 is 1.05 bits per heavy atom. The van der Waals surface area contributed by atoms with Gasteiger partial charge in [0.25, 0.3) is 5.91 Å². The first-order valence-corrected chi connectivity index (χ1v) is 7.04. The van der Waals surface area contributed by atoms with Crippen LogP contribution in [0.25, 0.3) is 10.9 Å². The van der Waals surface area contributed by atoms with E-state index in [9.17, 15) is 9.59 Å². The van der Waals surface area contributed by atoms with Crippen LogP contribution >= 0.6 is 0 Å². The molecule has 0 bridgehead atoms. The van der Waals surface area contributed by atoms with Crippen molar-refractivity contribution in [2.45, 2.75) is 13.8 Å². The highest BCUT2D eigenvalue weighted by Gasteiger charge is 2.07. The molecule has 0 aliphatic heterocycles. The second-order valence-electron chi connectivity index (χ2n) is 5.40. The average Bonchev–Trinajstić information content (AvgIpc) is 2.46. The Bertz CT molecular complexity index is 926. The first kappa shape index (κ1) is 14.1. The van der Waals surface area contributed by atoms with E-state index in [0.29, 0.717) is 16.8 Å². The Morgan fingerprint density at radius 3 is 2.64 bits per heavy atom. The first-order chi connectivity index (χ1) is 10.5. The van der Waals surface area contributed by atoms with E-state index >= 15 is 0 Å². The molecule has 2 aromatic carbocycles. The quantitative estimate of drug-likeness (QED) is 0.760. The molecular formula is C18H16N2O2. The van der Waals surface area contributed by atoms with E-state index in [1.165, 1.54) is 0 Å². The third-order valence-corrected chi connectivity index (χ3v) is 3.59. The Labute approximate surface area is 127 Å². The van der Waals surface area contributed by atoms with Gasteiger partial charge in [-0.3, -0.25) is 9.59 Å². The molecule has 1 heterocycles. The van der Waals surface area contributed by atoms with Gasteiger partial charge in [0.05, 0.1) is 5.52 Å². The predicted molar refractivity (Wildman–Crippen MR) is 88.4 cm³/mol. The standard InChI is InChI=1S/C18H16N2O2/c1-11-4-3-5-13(8-11)18(22)19-14-6-7-15-12(2)9-17(21)20-16(15)10-14/h3-10H,1-2H3,(H,19,22)(H,20,21). The van der Waals surface area contributed by atoms with Crippen LogP contribution in [0.2, 0.25) is 0 Å². The van der Waals surface area contributed by atoms with Gasteiger partial charge in [-0.25, -0.2) is 0 Å². The van der Waals surface area contributed by atoms with Gasteiger partial charge in [0.2, 0.25) is 5.56 Å². The fourth-order valence-electron chi connectivity index (χ4n) is 2.50. The molecule has 2 N–H and O–H groups in total. The number of nitrogens with one attached hydrogen (secondary N) is 2. The Morgan fingerprint density at radius 2 is 1.86 bits per heavy atom. The Kier molecular flexibility index (Phi) is 3.51. The third-order valence-electron chi connectivity index (χ3n) is 3.59. The minimum Gasteiger partial charge on any atom is -0.322 e. The zero-order chi connectivity index (χ0) is 15.7. The number of aryl methyl sites for hydroxylation is 2. The molecule has 3 rings (SSSR count). The van der Waals surface area contributed by atoms with Gasteiger partial charge >= 0.3 is 0 Å². The van der Waals surface area contributed by atoms with Gasteiger partial charge in [0, 0.05) is 22.7 Å². The molecule has 0 unspecified atom stereocenters. The van der Waals surface area contributed by atoms with Crippen LogP contribution in [0.1, 0.15) is 21.5 Å². The highest BCUT2D eigenvalue weighted by atomic mass is 16.1. The summed E-state index contributed by atoms with van der Waals surface area (Å²) in [7, 11) is 0. The molecule has 0 radical (unpaired) electrons. The SMILES string of the molecule is Cc1cccc(C(=O)Nc2ccc3c(C)cc(=O)[nH]c3c2)c1. The summed E-state index contributed by atoms with van der Waals surface area (Å²) in [6.45, 7) is 3.84. The van der Waals surface area contributed by atoms with Crippen LogP contribution in [0, 0.1) is 13.8 Å². The zero-order valence-electron chi connectivity index (χ0n) is 12.4. The molecule has 1 amide bonds. The first-order valence-electron chi connectivity index (χ1n) is 7.04. The van der Waals surface area contributed by atoms with E-state index in [1.54, 1.807) is 18.2 Å². The number of H-pyrrole nitrogens is 1. The van der Waals surface area contributed by atoms with Crippen molar-refractivity contribution in [3.8, 4) is 0 Å². The summed E-state index contributed by atoms with van der Waals surface area (Å²) in [5, 5.41) is 3.82. The largest absolute Gasteiger partial charge is 0.322 e. The van der Waals surface area contributed by atoms with Crippen LogP contribution in [0.5, 0.6) is 0 Å². The number of aromatic nitrogens is 1. The molecule has 4 heteroatoms. The molecule has 1 aromatic heterocycles. The van der Waals surface area contributed by atoms with Gasteiger partial charge in [-0.05, 0) is 43.7 Å². The van der Waals surface area contributed by atoms with Crippen LogP contribution in [0.4, 0.5) is 5.69 Å². The average molecular weight is 292 g/mol. The molecule has 22 heavy (non-hydrogen) atoms. The van der Waals surface area contributed by atoms with E-state index in [-0.39, 0.29) is 11.5 Å². The number of carbonyl (C=O) groups is 1. The normalized spacial score (nSPS) is 10.6. The summed E-state index contributed by atoms with van der Waals surface area (Å²) in [5.74, 6) is -0.168. The van der Waals surface area contributed by atoms with Crippen molar-refractivity contribution in [3.05, 3.63) is 75.6 Å². The zero-order valence-corrected chi connectivity index (χ0v) is 12.4. The van der Waals surface area contributed by atoms with Gasteiger partial charge in [0.15, 0.2) is 0 Å². The fraction of sp³-hybridized carbons (Fsp3) is 0.111. The van der Waals surface area contributed by atoms with E-state index in [1.807, 2.05) is 44.2 Å². The Hall–Kier alpha value is -2.88. The van der Waals surface area contributed by atoms with E-state index in [0.717, 1.165) is 16.5 Å². The molecule has 0 fully saturated rings. The molecule has 0 saturated heterocycles. The van der Waals surface area contributed by atoms with Crippen molar-refractivity contribution in [1.82, 2.24) is 4.98 Å². The number of fused-ring (bicyclic) bond motifs is 1. The summed E-state index contributed by atoms with van der Waals surface area (Å²) in [4.78, 5) is 26.6. The molecule has 0 aliphatic rings. The second-order valence-corrected chi connectivity index (χ2v) is 5.40. The van der Waals surface area contributed by atoms with Gasteiger partial charge in [-0.1, -0.05) is 23.8 Å². The maximum atomic E-state index is 12.3. The van der Waals surface area contributed by atoms with Crippen LogP contribution in [-0.2, 0) is 0 Å². The molecule has 110 valence electrons. The lowest BCUT2D eigenvalue weighted by Gasteiger charge is -2.08. The van der Waals surface area contributed by atoms with Crippen LogP contribution in [-0.4, -0.2) is 10.9 Å². The lowest BCUT2D eigenvalue weighted by molar-refractivity contribution is 0.102. The van der Waals surface area contributed by atoms with Crippen molar-refractivity contribution in [2.24, 2.45) is 0 Å². The lowest BCUT2D eigenvalue weighted by atomic mass is 10.1. The topological polar surface area (TPSA) is 62.0 Å². The summed E-state index contributed by atoms with van der Waals surface area (Å²) in [6.07, 6.45) is 0. The van der Waals surface area contributed by atoms with Gasteiger partial charge < -0.3 is 10.3 Å². The smallest absolute Gasteiger partial charge is 0.255 e. The molecule has 3 aromatic rings. The molecule has 0 aliphatic carbocycles. The van der Waals surface area contributed by atoms with Crippen molar-refractivity contribution < 1.29 is 4.79 Å². The van der Waals surface area contributed by atoms with E-state index in [4.69, 9.17) is 0 Å². The van der Waals surface area contributed by atoms with Crippen LogP contribution in [0.15, 0.2) is 53.3 Å².